The SMILES string of the molecule is CCOc1cccc2ccc([C@H](N3CC(C)(C)C(=O)N3)C(F)(F)F)cc12. The van der Waals surface area contributed by atoms with E-state index in [9.17, 15) is 18.0 Å². The molecular weight excluding hydrogens is 345 g/mol. The summed E-state index contributed by atoms with van der Waals surface area (Å²) in [7, 11) is 0. The van der Waals surface area contributed by atoms with Crippen LogP contribution in [-0.4, -0.2) is 30.2 Å². The first kappa shape index (κ1) is 18.5. The number of fused-ring (bicyclic) bond motifs is 1. The standard InChI is InChI=1S/C19H21F3N2O2/c1-4-26-15-7-5-6-12-8-9-13(10-14(12)15)16(19(20,21)22)24-11-18(2,3)17(25)23-24/h5-10,16H,4,11H2,1-3H3,(H,23,25)/t16-/m0/s1. The third kappa shape index (κ3) is 3.35. The zero-order valence-corrected chi connectivity index (χ0v) is 14.9. The van der Waals surface area contributed by atoms with Crippen molar-refractivity contribution in [1.82, 2.24) is 10.4 Å². The lowest BCUT2D eigenvalue weighted by atomic mass is 9.93. The molecule has 0 bridgehead atoms. The van der Waals surface area contributed by atoms with Crippen LogP contribution in [0.3, 0.4) is 0 Å². The number of hydrogen-bond donors (Lipinski definition) is 1. The summed E-state index contributed by atoms with van der Waals surface area (Å²) in [4.78, 5) is 12.0. The van der Waals surface area contributed by atoms with Crippen LogP contribution < -0.4 is 10.2 Å². The molecule has 0 saturated carbocycles. The predicted molar refractivity (Wildman–Crippen MR) is 92.5 cm³/mol. The van der Waals surface area contributed by atoms with Gasteiger partial charge < -0.3 is 4.74 Å². The Morgan fingerprint density at radius 3 is 2.58 bits per heavy atom. The molecule has 1 heterocycles. The maximum Gasteiger partial charge on any atom is 0.409 e. The molecule has 2 aromatic carbocycles. The summed E-state index contributed by atoms with van der Waals surface area (Å²) in [5.74, 6) is 0.126. The van der Waals surface area contributed by atoms with Gasteiger partial charge in [0.05, 0.1) is 12.0 Å². The number of benzene rings is 2. The summed E-state index contributed by atoms with van der Waals surface area (Å²) < 4.78 is 47.1. The Hall–Kier alpha value is -2.28. The zero-order chi connectivity index (χ0) is 19.1. The first-order valence-corrected chi connectivity index (χ1v) is 8.43. The number of nitrogens with zero attached hydrogens (tertiary/aromatic N) is 1. The molecule has 2 aromatic rings. The number of rotatable bonds is 4. The fraction of sp³-hybridized carbons (Fsp3) is 0.421. The number of carbonyl (C=O) groups excluding carboxylic acids is 1. The van der Waals surface area contributed by atoms with Gasteiger partial charge in [-0.05, 0) is 43.9 Å². The Balaban J connectivity index is 2.08. The molecule has 1 aliphatic heterocycles. The van der Waals surface area contributed by atoms with Crippen LogP contribution in [0.1, 0.15) is 32.4 Å². The molecule has 1 fully saturated rings. The van der Waals surface area contributed by atoms with Gasteiger partial charge in [0.2, 0.25) is 5.91 Å². The van der Waals surface area contributed by atoms with Crippen LogP contribution in [0.4, 0.5) is 13.2 Å². The molecule has 0 aromatic heterocycles. The highest BCUT2D eigenvalue weighted by Gasteiger charge is 2.51. The van der Waals surface area contributed by atoms with E-state index in [1.807, 2.05) is 13.0 Å². The minimum atomic E-state index is -4.54. The van der Waals surface area contributed by atoms with E-state index in [1.54, 1.807) is 32.0 Å². The highest BCUT2D eigenvalue weighted by molar-refractivity contribution is 5.89. The van der Waals surface area contributed by atoms with Gasteiger partial charge in [-0.1, -0.05) is 24.3 Å². The highest BCUT2D eigenvalue weighted by atomic mass is 19.4. The van der Waals surface area contributed by atoms with Gasteiger partial charge in [-0.25, -0.2) is 5.01 Å². The topological polar surface area (TPSA) is 41.6 Å². The van der Waals surface area contributed by atoms with Crippen molar-refractivity contribution in [2.45, 2.75) is 33.0 Å². The number of hydrogen-bond acceptors (Lipinski definition) is 3. The van der Waals surface area contributed by atoms with Gasteiger partial charge in [0.15, 0.2) is 0 Å². The Kier molecular flexibility index (Phi) is 4.60. The number of ether oxygens (including phenoxy) is 1. The summed E-state index contributed by atoms with van der Waals surface area (Å²) in [6.07, 6.45) is -4.54. The lowest BCUT2D eigenvalue weighted by Gasteiger charge is -2.30. The van der Waals surface area contributed by atoms with Gasteiger partial charge in [-0.2, -0.15) is 13.2 Å². The smallest absolute Gasteiger partial charge is 0.409 e. The average Bonchev–Trinajstić information content (AvgIpc) is 2.79. The number of amides is 1. The largest absolute Gasteiger partial charge is 0.493 e. The second-order valence-corrected chi connectivity index (χ2v) is 7.07. The molecule has 1 saturated heterocycles. The van der Waals surface area contributed by atoms with E-state index < -0.39 is 23.5 Å². The van der Waals surface area contributed by atoms with Crippen molar-refractivity contribution in [2.75, 3.05) is 13.2 Å². The molecule has 0 unspecified atom stereocenters. The zero-order valence-electron chi connectivity index (χ0n) is 14.9. The maximum atomic E-state index is 13.9. The van der Waals surface area contributed by atoms with Crippen LogP contribution in [0.5, 0.6) is 5.75 Å². The summed E-state index contributed by atoms with van der Waals surface area (Å²) in [5.41, 5.74) is 1.57. The molecule has 1 amide bonds. The number of hydrazine groups is 1. The lowest BCUT2D eigenvalue weighted by Crippen LogP contribution is -2.43. The average molecular weight is 366 g/mol. The van der Waals surface area contributed by atoms with E-state index in [2.05, 4.69) is 5.43 Å². The fourth-order valence-electron chi connectivity index (χ4n) is 3.23. The molecule has 26 heavy (non-hydrogen) atoms. The number of carbonyl (C=O) groups is 1. The van der Waals surface area contributed by atoms with E-state index in [0.29, 0.717) is 17.7 Å². The van der Waals surface area contributed by atoms with Gasteiger partial charge in [0.1, 0.15) is 11.8 Å². The van der Waals surface area contributed by atoms with E-state index in [-0.39, 0.29) is 12.1 Å². The Morgan fingerprint density at radius 1 is 1.27 bits per heavy atom. The fourth-order valence-corrected chi connectivity index (χ4v) is 3.23. The number of halogens is 3. The summed E-state index contributed by atoms with van der Waals surface area (Å²) in [6.45, 7) is 5.47. The first-order chi connectivity index (χ1) is 12.1. The molecule has 140 valence electrons. The second-order valence-electron chi connectivity index (χ2n) is 7.07. The van der Waals surface area contributed by atoms with Crippen molar-refractivity contribution in [3.63, 3.8) is 0 Å². The van der Waals surface area contributed by atoms with E-state index in [1.165, 1.54) is 12.1 Å². The monoisotopic (exact) mass is 366 g/mol. The Bertz CT molecular complexity index is 833. The quantitative estimate of drug-likeness (QED) is 0.881. The third-order valence-electron chi connectivity index (χ3n) is 4.53. The second kappa shape index (κ2) is 6.46. The molecule has 0 radical (unpaired) electrons. The van der Waals surface area contributed by atoms with Crippen LogP contribution in [0.25, 0.3) is 10.8 Å². The predicted octanol–water partition coefficient (Wildman–Crippen LogP) is 4.21. The van der Waals surface area contributed by atoms with Crippen molar-refractivity contribution < 1.29 is 22.7 Å². The first-order valence-electron chi connectivity index (χ1n) is 8.43. The van der Waals surface area contributed by atoms with Crippen molar-refractivity contribution in [3.8, 4) is 5.75 Å². The van der Waals surface area contributed by atoms with Gasteiger partial charge in [-0.3, -0.25) is 10.2 Å². The molecule has 1 N–H and O–H groups in total. The van der Waals surface area contributed by atoms with Crippen LogP contribution in [-0.2, 0) is 4.79 Å². The van der Waals surface area contributed by atoms with Gasteiger partial charge in [0, 0.05) is 11.9 Å². The van der Waals surface area contributed by atoms with Crippen LogP contribution >= 0.6 is 0 Å². The minimum absolute atomic E-state index is 0.0266. The molecule has 3 rings (SSSR count). The van der Waals surface area contributed by atoms with Crippen LogP contribution in [0.2, 0.25) is 0 Å². The summed E-state index contributed by atoms with van der Waals surface area (Å²) in [6, 6.07) is 8.03. The van der Waals surface area contributed by atoms with Crippen molar-refractivity contribution in [1.29, 1.82) is 0 Å². The Morgan fingerprint density at radius 2 is 2.00 bits per heavy atom. The molecule has 1 aliphatic rings. The van der Waals surface area contributed by atoms with E-state index in [4.69, 9.17) is 4.74 Å². The summed E-state index contributed by atoms with van der Waals surface area (Å²) >= 11 is 0. The molecule has 0 aliphatic carbocycles. The lowest BCUT2D eigenvalue weighted by molar-refractivity contribution is -0.191. The molecule has 1 atom stereocenters. The van der Waals surface area contributed by atoms with Crippen molar-refractivity contribution >= 4 is 16.7 Å². The van der Waals surface area contributed by atoms with Gasteiger partial charge in [0.25, 0.3) is 0 Å². The normalized spacial score (nSPS) is 18.8. The maximum absolute atomic E-state index is 13.9. The van der Waals surface area contributed by atoms with Gasteiger partial charge in [-0.15, -0.1) is 0 Å². The highest BCUT2D eigenvalue weighted by Crippen LogP contribution is 2.41. The van der Waals surface area contributed by atoms with E-state index in [0.717, 1.165) is 10.4 Å². The molecule has 0 spiro atoms. The number of alkyl halides is 3. The van der Waals surface area contributed by atoms with Crippen LogP contribution in [0.15, 0.2) is 36.4 Å². The molecule has 4 nitrogen and oxygen atoms in total. The van der Waals surface area contributed by atoms with Crippen molar-refractivity contribution in [3.05, 3.63) is 42.0 Å². The Labute approximate surface area is 149 Å². The third-order valence-corrected chi connectivity index (χ3v) is 4.53. The number of nitrogens with one attached hydrogen (secondary N) is 1. The molecular formula is C19H21F3N2O2. The molecule has 7 heteroatoms. The van der Waals surface area contributed by atoms with Crippen LogP contribution in [0, 0.1) is 5.41 Å². The van der Waals surface area contributed by atoms with Gasteiger partial charge >= 0.3 is 6.18 Å². The van der Waals surface area contributed by atoms with E-state index >= 15 is 0 Å². The minimum Gasteiger partial charge on any atom is -0.493 e. The van der Waals surface area contributed by atoms with Crippen molar-refractivity contribution in [2.24, 2.45) is 5.41 Å². The summed E-state index contributed by atoms with van der Waals surface area (Å²) in [5, 5.41) is 2.39.